The molecule has 6 heteroatoms. The first-order chi connectivity index (χ1) is 11.0. The van der Waals surface area contributed by atoms with Crippen LogP contribution >= 0.6 is 0 Å². The fourth-order valence-corrected chi connectivity index (χ4v) is 4.34. The number of nitrogens with one attached hydrogen (secondary N) is 1. The van der Waals surface area contributed by atoms with Crippen molar-refractivity contribution in [3.05, 3.63) is 42.5 Å². The minimum atomic E-state index is -3.52. The molecule has 3 rings (SSSR count). The number of sulfonamides is 1. The largest absolute Gasteiger partial charge is 0.303 e. The summed E-state index contributed by atoms with van der Waals surface area (Å²) in [6.45, 7) is 3.27. The summed E-state index contributed by atoms with van der Waals surface area (Å²) in [7, 11) is 0.592. The fourth-order valence-electron chi connectivity index (χ4n) is 3.04. The lowest BCUT2D eigenvalue weighted by Gasteiger charge is -2.37. The second-order valence-electron chi connectivity index (χ2n) is 6.23. The number of hydrogen-bond donors (Lipinski definition) is 1. The highest BCUT2D eigenvalue weighted by Gasteiger charge is 2.25. The Morgan fingerprint density at radius 2 is 1.83 bits per heavy atom. The second kappa shape index (κ2) is 6.57. The van der Waals surface area contributed by atoms with Crippen molar-refractivity contribution >= 4 is 20.8 Å². The van der Waals surface area contributed by atoms with Crippen LogP contribution in [0.4, 0.5) is 0 Å². The van der Waals surface area contributed by atoms with Crippen LogP contribution in [0, 0.1) is 0 Å². The maximum atomic E-state index is 12.7. The van der Waals surface area contributed by atoms with Crippen LogP contribution < -0.4 is 4.72 Å². The monoisotopic (exact) mass is 333 g/mol. The first kappa shape index (κ1) is 16.4. The van der Waals surface area contributed by atoms with Crippen molar-refractivity contribution in [2.24, 2.45) is 0 Å². The van der Waals surface area contributed by atoms with E-state index in [9.17, 15) is 8.42 Å². The lowest BCUT2D eigenvalue weighted by atomic mass is 10.1. The lowest BCUT2D eigenvalue weighted by Crippen LogP contribution is -2.54. The van der Waals surface area contributed by atoms with Crippen LogP contribution in [-0.2, 0) is 10.0 Å². The molecule has 0 bridgehead atoms. The Labute approximate surface area is 137 Å². The zero-order valence-electron chi connectivity index (χ0n) is 13.6. The molecular weight excluding hydrogens is 310 g/mol. The van der Waals surface area contributed by atoms with Gasteiger partial charge < -0.3 is 4.90 Å². The Bertz CT molecular complexity index is 786. The molecule has 1 unspecified atom stereocenters. The van der Waals surface area contributed by atoms with E-state index in [-0.39, 0.29) is 6.04 Å². The van der Waals surface area contributed by atoms with Gasteiger partial charge in [-0.25, -0.2) is 13.1 Å². The van der Waals surface area contributed by atoms with Crippen LogP contribution in [0.25, 0.3) is 10.8 Å². The molecule has 1 N–H and O–H groups in total. The van der Waals surface area contributed by atoms with Gasteiger partial charge in [0.15, 0.2) is 0 Å². The summed E-state index contributed by atoms with van der Waals surface area (Å²) in [5.74, 6) is 0. The van der Waals surface area contributed by atoms with Gasteiger partial charge in [-0.3, -0.25) is 4.90 Å². The normalized spacial score (nSPS) is 20.9. The third kappa shape index (κ3) is 3.55. The van der Waals surface area contributed by atoms with Crippen LogP contribution in [0.15, 0.2) is 47.4 Å². The average Bonchev–Trinajstić information content (AvgIpc) is 2.55. The molecular formula is C17H23N3O2S. The summed E-state index contributed by atoms with van der Waals surface area (Å²) in [6.07, 6.45) is 0. The van der Waals surface area contributed by atoms with E-state index in [4.69, 9.17) is 0 Å². The molecule has 23 heavy (non-hydrogen) atoms. The fraction of sp³-hybridized carbons (Fsp3) is 0.412. The quantitative estimate of drug-likeness (QED) is 0.918. The summed E-state index contributed by atoms with van der Waals surface area (Å²) < 4.78 is 28.3. The van der Waals surface area contributed by atoms with Gasteiger partial charge in [0.25, 0.3) is 0 Å². The van der Waals surface area contributed by atoms with Crippen molar-refractivity contribution in [3.8, 4) is 0 Å². The Morgan fingerprint density at radius 1 is 1.09 bits per heavy atom. The van der Waals surface area contributed by atoms with E-state index < -0.39 is 10.0 Å². The van der Waals surface area contributed by atoms with E-state index in [1.54, 1.807) is 12.1 Å². The van der Waals surface area contributed by atoms with Crippen molar-refractivity contribution in [2.45, 2.75) is 10.9 Å². The van der Waals surface area contributed by atoms with Crippen LogP contribution in [0.5, 0.6) is 0 Å². The van der Waals surface area contributed by atoms with Crippen LogP contribution in [0.2, 0.25) is 0 Å². The zero-order valence-corrected chi connectivity index (χ0v) is 14.4. The van der Waals surface area contributed by atoms with Crippen molar-refractivity contribution in [3.63, 3.8) is 0 Å². The first-order valence-electron chi connectivity index (χ1n) is 7.83. The lowest BCUT2D eigenvalue weighted by molar-refractivity contribution is 0.117. The predicted molar refractivity (Wildman–Crippen MR) is 93.1 cm³/mol. The molecule has 124 valence electrons. The number of nitrogens with zero attached hydrogens (tertiary/aromatic N) is 2. The molecule has 1 fully saturated rings. The van der Waals surface area contributed by atoms with Gasteiger partial charge in [-0.1, -0.05) is 36.4 Å². The molecule has 0 amide bonds. The summed E-state index contributed by atoms with van der Waals surface area (Å²) >= 11 is 0. The molecule has 1 saturated heterocycles. The van der Waals surface area contributed by atoms with Gasteiger partial charge in [0.2, 0.25) is 10.0 Å². The predicted octanol–water partition coefficient (Wildman–Crippen LogP) is 1.36. The van der Waals surface area contributed by atoms with Gasteiger partial charge in [0, 0.05) is 37.6 Å². The summed E-state index contributed by atoms with van der Waals surface area (Å²) in [5.41, 5.74) is 0. The van der Waals surface area contributed by atoms with E-state index in [0.717, 1.165) is 30.4 Å². The number of rotatable bonds is 4. The van der Waals surface area contributed by atoms with E-state index in [1.165, 1.54) is 0 Å². The van der Waals surface area contributed by atoms with Gasteiger partial charge >= 0.3 is 0 Å². The van der Waals surface area contributed by atoms with Gasteiger partial charge in [-0.15, -0.1) is 0 Å². The molecule has 0 saturated carbocycles. The standard InChI is InChI=1S/C17H23N3O2S/c1-19-10-11-20(2)15(13-19)12-18-23(21,22)17-9-5-7-14-6-3-4-8-16(14)17/h3-9,15,18H,10-13H2,1-2H3. The summed E-state index contributed by atoms with van der Waals surface area (Å²) in [6, 6.07) is 13.1. The second-order valence-corrected chi connectivity index (χ2v) is 7.96. The molecule has 0 radical (unpaired) electrons. The van der Waals surface area contributed by atoms with Gasteiger partial charge in [0.1, 0.15) is 0 Å². The summed E-state index contributed by atoms with van der Waals surface area (Å²) in [5, 5.41) is 1.70. The number of hydrogen-bond acceptors (Lipinski definition) is 4. The smallest absolute Gasteiger partial charge is 0.241 e. The molecule has 0 aliphatic carbocycles. The Balaban J connectivity index is 1.81. The Kier molecular flexibility index (Phi) is 4.68. The number of benzene rings is 2. The van der Waals surface area contributed by atoms with Crippen molar-refractivity contribution in [2.75, 3.05) is 40.3 Å². The SMILES string of the molecule is CN1CCN(C)C(CNS(=O)(=O)c2cccc3ccccc23)C1. The van der Waals surface area contributed by atoms with Crippen LogP contribution in [-0.4, -0.2) is 64.5 Å². The highest BCUT2D eigenvalue weighted by molar-refractivity contribution is 7.89. The minimum absolute atomic E-state index is 0.193. The van der Waals surface area contributed by atoms with E-state index in [2.05, 4.69) is 21.6 Å². The highest BCUT2D eigenvalue weighted by atomic mass is 32.2. The third-order valence-electron chi connectivity index (χ3n) is 4.53. The molecule has 2 aromatic carbocycles. The summed E-state index contributed by atoms with van der Waals surface area (Å²) in [4.78, 5) is 4.80. The van der Waals surface area contributed by atoms with Gasteiger partial charge in [-0.05, 0) is 25.5 Å². The highest BCUT2D eigenvalue weighted by Crippen LogP contribution is 2.22. The first-order valence-corrected chi connectivity index (χ1v) is 9.32. The molecule has 1 heterocycles. The minimum Gasteiger partial charge on any atom is -0.303 e. The van der Waals surface area contributed by atoms with Gasteiger partial charge in [-0.2, -0.15) is 0 Å². The van der Waals surface area contributed by atoms with Crippen molar-refractivity contribution in [1.29, 1.82) is 0 Å². The maximum absolute atomic E-state index is 12.7. The number of likely N-dealkylation sites (N-methyl/N-ethyl adjacent to an activating group) is 2. The molecule has 0 spiro atoms. The van der Waals surface area contributed by atoms with E-state index in [0.29, 0.717) is 11.4 Å². The van der Waals surface area contributed by atoms with Crippen molar-refractivity contribution in [1.82, 2.24) is 14.5 Å². The molecule has 1 atom stereocenters. The van der Waals surface area contributed by atoms with Crippen molar-refractivity contribution < 1.29 is 8.42 Å². The van der Waals surface area contributed by atoms with Gasteiger partial charge in [0.05, 0.1) is 4.90 Å². The molecule has 1 aliphatic rings. The zero-order chi connectivity index (χ0) is 16.4. The average molecular weight is 333 g/mol. The molecule has 2 aromatic rings. The number of fused-ring (bicyclic) bond motifs is 1. The maximum Gasteiger partial charge on any atom is 0.241 e. The Hall–Kier alpha value is -1.47. The molecule has 0 aromatic heterocycles. The Morgan fingerprint density at radius 3 is 2.65 bits per heavy atom. The number of piperazine rings is 1. The van der Waals surface area contributed by atoms with Crippen LogP contribution in [0.3, 0.4) is 0 Å². The molecule has 5 nitrogen and oxygen atoms in total. The topological polar surface area (TPSA) is 52.6 Å². The molecule has 1 aliphatic heterocycles. The van der Waals surface area contributed by atoms with E-state index in [1.807, 2.05) is 37.4 Å². The van der Waals surface area contributed by atoms with E-state index >= 15 is 0 Å². The third-order valence-corrected chi connectivity index (χ3v) is 6.01. The van der Waals surface area contributed by atoms with Crippen LogP contribution in [0.1, 0.15) is 0 Å².